The van der Waals surface area contributed by atoms with Crippen molar-refractivity contribution < 1.29 is 14.3 Å². The summed E-state index contributed by atoms with van der Waals surface area (Å²) < 4.78 is 10.8. The largest absolute Gasteiger partial charge is 0.497 e. The molecule has 25 heavy (non-hydrogen) atoms. The number of nitrogens with two attached hydrogens (primary N) is 1. The average Bonchev–Trinajstić information content (AvgIpc) is 2.64. The van der Waals surface area contributed by atoms with Crippen LogP contribution in [0.15, 0.2) is 54.9 Å². The molecule has 0 aliphatic carbocycles. The Balaban J connectivity index is 1.99. The van der Waals surface area contributed by atoms with Crippen molar-refractivity contribution >= 4 is 17.5 Å². The average molecular weight is 356 g/mol. The molecule has 0 aliphatic heterocycles. The molecule has 1 heterocycles. The van der Waals surface area contributed by atoms with E-state index in [1.807, 2.05) is 0 Å². The van der Waals surface area contributed by atoms with E-state index in [1.54, 1.807) is 55.6 Å². The van der Waals surface area contributed by atoms with Gasteiger partial charge in [-0.2, -0.15) is 0 Å². The molecule has 0 radical (unpaired) electrons. The molecule has 3 aromatic rings. The Morgan fingerprint density at radius 1 is 1.04 bits per heavy atom. The topological polar surface area (TPSA) is 87.3 Å². The number of rotatable bonds is 5. The lowest BCUT2D eigenvalue weighted by Crippen LogP contribution is -2.12. The van der Waals surface area contributed by atoms with Crippen molar-refractivity contribution in [3.05, 3.63) is 65.4 Å². The Morgan fingerprint density at radius 2 is 1.72 bits per heavy atom. The highest BCUT2D eigenvalue weighted by molar-refractivity contribution is 6.34. The maximum Gasteiger partial charge on any atom is 0.249 e. The van der Waals surface area contributed by atoms with Gasteiger partial charge in [0.05, 0.1) is 12.8 Å². The number of hydrogen-bond acceptors (Lipinski definition) is 5. The van der Waals surface area contributed by atoms with Crippen LogP contribution in [0.25, 0.3) is 11.3 Å². The van der Waals surface area contributed by atoms with E-state index in [-0.39, 0.29) is 10.9 Å². The number of nitrogens with zero attached hydrogens (tertiary/aromatic N) is 2. The second-order valence-electron chi connectivity index (χ2n) is 5.03. The molecule has 0 saturated carbocycles. The zero-order valence-electron chi connectivity index (χ0n) is 13.3. The van der Waals surface area contributed by atoms with Crippen molar-refractivity contribution in [3.63, 3.8) is 0 Å². The summed E-state index contributed by atoms with van der Waals surface area (Å²) in [4.78, 5) is 19.9. The molecular weight excluding hydrogens is 342 g/mol. The molecule has 7 heteroatoms. The molecule has 2 N–H and O–H groups in total. The Labute approximate surface area is 149 Å². The second-order valence-corrected chi connectivity index (χ2v) is 5.41. The van der Waals surface area contributed by atoms with Gasteiger partial charge in [-0.05, 0) is 30.3 Å². The minimum absolute atomic E-state index is 0.177. The van der Waals surface area contributed by atoms with E-state index in [4.69, 9.17) is 26.8 Å². The zero-order chi connectivity index (χ0) is 17.8. The molecule has 6 nitrogen and oxygen atoms in total. The van der Waals surface area contributed by atoms with Gasteiger partial charge in [-0.3, -0.25) is 4.79 Å². The molecule has 0 atom stereocenters. The van der Waals surface area contributed by atoms with E-state index in [0.717, 1.165) is 0 Å². The first-order valence-electron chi connectivity index (χ1n) is 7.31. The first-order chi connectivity index (χ1) is 12.1. The molecule has 126 valence electrons. The fourth-order valence-electron chi connectivity index (χ4n) is 2.27. The van der Waals surface area contributed by atoms with Gasteiger partial charge in [0.1, 0.15) is 22.8 Å². The second kappa shape index (κ2) is 7.19. The summed E-state index contributed by atoms with van der Waals surface area (Å²) in [6.45, 7) is 0. The van der Waals surface area contributed by atoms with Gasteiger partial charge in [0.15, 0.2) is 0 Å². The molecule has 0 fully saturated rings. The molecule has 1 aromatic heterocycles. The molecule has 0 bridgehead atoms. The van der Waals surface area contributed by atoms with Crippen molar-refractivity contribution in [2.24, 2.45) is 5.73 Å². The van der Waals surface area contributed by atoms with Crippen molar-refractivity contribution in [1.29, 1.82) is 0 Å². The molecule has 1 amide bonds. The van der Waals surface area contributed by atoms with Gasteiger partial charge in [-0.15, -0.1) is 0 Å². The van der Waals surface area contributed by atoms with Crippen LogP contribution >= 0.6 is 11.6 Å². The third-order valence-corrected chi connectivity index (χ3v) is 3.82. The Bertz CT molecular complexity index is 914. The third kappa shape index (κ3) is 3.54. The smallest absolute Gasteiger partial charge is 0.249 e. The minimum atomic E-state index is -0.567. The maximum absolute atomic E-state index is 11.6. The molecule has 0 saturated heterocycles. The van der Waals surface area contributed by atoms with E-state index in [1.165, 1.54) is 6.33 Å². The highest BCUT2D eigenvalue weighted by atomic mass is 35.5. The van der Waals surface area contributed by atoms with Crippen LogP contribution in [0, 0.1) is 0 Å². The number of amides is 1. The highest BCUT2D eigenvalue weighted by Gasteiger charge is 2.17. The standard InChI is InChI=1S/C18H14ClN3O3/c1-24-11-6-8-12(9-7-11)25-18-15(19)16(21-10-22-18)13-4-2-3-5-14(13)17(20)23/h2-10H,1H3,(H2,20,23). The fourth-order valence-corrected chi connectivity index (χ4v) is 2.51. The summed E-state index contributed by atoms with van der Waals surface area (Å²) in [5, 5.41) is 0.187. The summed E-state index contributed by atoms with van der Waals surface area (Å²) in [5.41, 5.74) is 6.63. The monoisotopic (exact) mass is 355 g/mol. The van der Waals surface area contributed by atoms with Crippen LogP contribution in [0.3, 0.4) is 0 Å². The fraction of sp³-hybridized carbons (Fsp3) is 0.0556. The van der Waals surface area contributed by atoms with Crippen molar-refractivity contribution in [2.45, 2.75) is 0 Å². The lowest BCUT2D eigenvalue weighted by Gasteiger charge is -2.11. The lowest BCUT2D eigenvalue weighted by molar-refractivity contribution is 0.100. The highest BCUT2D eigenvalue weighted by Crippen LogP contribution is 2.35. The predicted molar refractivity (Wildman–Crippen MR) is 94.1 cm³/mol. The summed E-state index contributed by atoms with van der Waals surface area (Å²) in [5.74, 6) is 0.853. The lowest BCUT2D eigenvalue weighted by atomic mass is 10.0. The van der Waals surface area contributed by atoms with Crippen molar-refractivity contribution in [1.82, 2.24) is 9.97 Å². The molecule has 2 aromatic carbocycles. The van der Waals surface area contributed by atoms with Gasteiger partial charge in [0.25, 0.3) is 0 Å². The molecular formula is C18H14ClN3O3. The van der Waals surface area contributed by atoms with Gasteiger partial charge < -0.3 is 15.2 Å². The van der Waals surface area contributed by atoms with E-state index < -0.39 is 5.91 Å². The molecule has 0 spiro atoms. The number of ether oxygens (including phenoxy) is 2. The summed E-state index contributed by atoms with van der Waals surface area (Å²) in [6, 6.07) is 13.8. The van der Waals surface area contributed by atoms with Crippen LogP contribution in [-0.2, 0) is 0 Å². The molecule has 0 aliphatic rings. The van der Waals surface area contributed by atoms with Crippen molar-refractivity contribution in [3.8, 4) is 28.6 Å². The SMILES string of the molecule is COc1ccc(Oc2ncnc(-c3ccccc3C(N)=O)c2Cl)cc1. The van der Waals surface area contributed by atoms with E-state index >= 15 is 0 Å². The zero-order valence-corrected chi connectivity index (χ0v) is 14.0. The van der Waals surface area contributed by atoms with Gasteiger partial charge in [-0.1, -0.05) is 29.8 Å². The van der Waals surface area contributed by atoms with E-state index in [9.17, 15) is 4.79 Å². The van der Waals surface area contributed by atoms with Gasteiger partial charge in [0, 0.05) is 11.1 Å². The van der Waals surface area contributed by atoms with Gasteiger partial charge >= 0.3 is 0 Å². The normalized spacial score (nSPS) is 10.3. The summed E-state index contributed by atoms with van der Waals surface area (Å²) in [6.07, 6.45) is 1.32. The number of benzene rings is 2. The first kappa shape index (κ1) is 16.7. The number of primary amides is 1. The number of carbonyl (C=O) groups is 1. The Hall–Kier alpha value is -3.12. The Morgan fingerprint density at radius 3 is 2.40 bits per heavy atom. The summed E-state index contributed by atoms with van der Waals surface area (Å²) >= 11 is 6.40. The number of halogens is 1. The van der Waals surface area contributed by atoms with Crippen LogP contribution < -0.4 is 15.2 Å². The maximum atomic E-state index is 11.6. The van der Waals surface area contributed by atoms with Crippen LogP contribution in [0.2, 0.25) is 5.02 Å². The van der Waals surface area contributed by atoms with E-state index in [0.29, 0.717) is 28.3 Å². The number of carbonyl (C=O) groups excluding carboxylic acids is 1. The molecule has 0 unspecified atom stereocenters. The number of methoxy groups -OCH3 is 1. The van der Waals surface area contributed by atoms with Crippen LogP contribution in [0.1, 0.15) is 10.4 Å². The first-order valence-corrected chi connectivity index (χ1v) is 7.69. The van der Waals surface area contributed by atoms with Crippen molar-refractivity contribution in [2.75, 3.05) is 7.11 Å². The van der Waals surface area contributed by atoms with E-state index in [2.05, 4.69) is 9.97 Å². The summed E-state index contributed by atoms with van der Waals surface area (Å²) in [7, 11) is 1.58. The van der Waals surface area contributed by atoms with Crippen LogP contribution in [-0.4, -0.2) is 23.0 Å². The molecule has 3 rings (SSSR count). The van der Waals surface area contributed by atoms with Crippen LogP contribution in [0.5, 0.6) is 17.4 Å². The third-order valence-electron chi connectivity index (χ3n) is 3.48. The predicted octanol–water partition coefficient (Wildman–Crippen LogP) is 3.70. The van der Waals surface area contributed by atoms with Crippen LogP contribution in [0.4, 0.5) is 0 Å². The minimum Gasteiger partial charge on any atom is -0.497 e. The number of hydrogen-bond donors (Lipinski definition) is 1. The number of aromatic nitrogens is 2. The Kier molecular flexibility index (Phi) is 4.81. The van der Waals surface area contributed by atoms with Gasteiger partial charge in [0.2, 0.25) is 11.8 Å². The quantitative estimate of drug-likeness (QED) is 0.754. The van der Waals surface area contributed by atoms with Gasteiger partial charge in [-0.25, -0.2) is 9.97 Å².